The summed E-state index contributed by atoms with van der Waals surface area (Å²) >= 11 is 5.25. The molecular formula is C13H10I3N2O7. The minimum Gasteiger partial charge on any atom is -0.474 e. The largest absolute Gasteiger partial charge is 0.474 e. The number of anilines is 1. The molecule has 1 unspecified atom stereocenters. The standard InChI is InChI=1S/C13H10I3N2O7/c14-7-5(3-20)8(15)10(18-12(23)13(24)25)9(16)6(7)11(22)17-1-4(21)2-19/h4,19,21H,1-2H2,(H,17,22)(H,18,23)(H,24,25). The van der Waals surface area contributed by atoms with Crippen molar-refractivity contribution in [1.29, 1.82) is 0 Å². The molecule has 2 amide bonds. The Morgan fingerprint density at radius 2 is 1.72 bits per heavy atom. The highest BCUT2D eigenvalue weighted by molar-refractivity contribution is 14.1. The van der Waals surface area contributed by atoms with Crippen molar-refractivity contribution in [3.63, 3.8) is 0 Å². The molecule has 0 fully saturated rings. The summed E-state index contributed by atoms with van der Waals surface area (Å²) in [7, 11) is 0. The SMILES string of the molecule is O=[C]c1c(I)c(NC(=O)C(=O)O)c(I)c(C(=O)NCC(O)CO)c1I. The smallest absolute Gasteiger partial charge is 0.394 e. The van der Waals surface area contributed by atoms with E-state index in [9.17, 15) is 24.3 Å². The molecule has 0 aliphatic carbocycles. The zero-order valence-corrected chi connectivity index (χ0v) is 18.6. The van der Waals surface area contributed by atoms with E-state index in [1.165, 1.54) is 0 Å². The molecule has 1 aromatic rings. The van der Waals surface area contributed by atoms with Gasteiger partial charge in [0.15, 0.2) is 0 Å². The van der Waals surface area contributed by atoms with Gasteiger partial charge in [-0.1, -0.05) is 0 Å². The molecule has 9 nitrogen and oxygen atoms in total. The summed E-state index contributed by atoms with van der Waals surface area (Å²) in [4.78, 5) is 45.8. The number of carbonyl (C=O) groups is 3. The number of aliphatic hydroxyl groups is 2. The molecule has 0 bridgehead atoms. The topological polar surface area (TPSA) is 153 Å². The second kappa shape index (κ2) is 9.93. The van der Waals surface area contributed by atoms with Crippen LogP contribution in [0, 0.1) is 10.7 Å². The molecule has 1 rings (SSSR count). The first kappa shape index (κ1) is 22.5. The summed E-state index contributed by atoms with van der Waals surface area (Å²) in [5.41, 5.74) is 0.0150. The van der Waals surface area contributed by atoms with Gasteiger partial charge < -0.3 is 26.0 Å². The van der Waals surface area contributed by atoms with Gasteiger partial charge >= 0.3 is 11.9 Å². The van der Waals surface area contributed by atoms with Gasteiger partial charge in [0.25, 0.3) is 5.91 Å². The molecule has 12 heteroatoms. The number of aliphatic hydroxyl groups excluding tert-OH is 2. The molecule has 0 spiro atoms. The maximum absolute atomic E-state index is 12.4. The molecule has 25 heavy (non-hydrogen) atoms. The van der Waals surface area contributed by atoms with Crippen LogP contribution in [0.5, 0.6) is 0 Å². The minimum absolute atomic E-state index is 0.000206. The van der Waals surface area contributed by atoms with Crippen molar-refractivity contribution in [2.24, 2.45) is 0 Å². The Morgan fingerprint density at radius 1 is 1.12 bits per heavy atom. The van der Waals surface area contributed by atoms with Crippen LogP contribution in [0.25, 0.3) is 0 Å². The van der Waals surface area contributed by atoms with Gasteiger partial charge in [-0.05, 0) is 67.8 Å². The highest BCUT2D eigenvalue weighted by Gasteiger charge is 2.27. The van der Waals surface area contributed by atoms with Crippen molar-refractivity contribution in [2.75, 3.05) is 18.5 Å². The van der Waals surface area contributed by atoms with Gasteiger partial charge in [0.1, 0.15) is 0 Å². The highest BCUT2D eigenvalue weighted by Crippen LogP contribution is 2.34. The van der Waals surface area contributed by atoms with E-state index in [1.807, 2.05) is 0 Å². The lowest BCUT2D eigenvalue weighted by Crippen LogP contribution is -2.35. The van der Waals surface area contributed by atoms with Gasteiger partial charge in [-0.15, -0.1) is 0 Å². The number of amides is 2. The molecule has 0 aromatic heterocycles. The van der Waals surface area contributed by atoms with Crippen LogP contribution < -0.4 is 10.6 Å². The lowest BCUT2D eigenvalue weighted by atomic mass is 10.1. The number of aliphatic carboxylic acids is 1. The lowest BCUT2D eigenvalue weighted by molar-refractivity contribution is -0.147. The van der Waals surface area contributed by atoms with Crippen LogP contribution in [0.4, 0.5) is 5.69 Å². The molecule has 0 saturated carbocycles. The maximum atomic E-state index is 12.4. The van der Waals surface area contributed by atoms with E-state index in [1.54, 1.807) is 74.1 Å². The van der Waals surface area contributed by atoms with Crippen molar-refractivity contribution >= 4 is 97.5 Å². The van der Waals surface area contributed by atoms with Crippen molar-refractivity contribution in [2.45, 2.75) is 6.10 Å². The molecule has 5 N–H and O–H groups in total. The summed E-state index contributed by atoms with van der Waals surface area (Å²) in [5, 5.41) is 31.4. The van der Waals surface area contributed by atoms with E-state index < -0.39 is 30.5 Å². The summed E-state index contributed by atoms with van der Waals surface area (Å²) in [6, 6.07) is 0. The number of hydrogen-bond donors (Lipinski definition) is 5. The van der Waals surface area contributed by atoms with Crippen LogP contribution in [0.2, 0.25) is 0 Å². The summed E-state index contributed by atoms with van der Waals surface area (Å²) in [5.74, 6) is -3.71. The Morgan fingerprint density at radius 3 is 2.20 bits per heavy atom. The van der Waals surface area contributed by atoms with Crippen LogP contribution in [0.15, 0.2) is 0 Å². The number of rotatable bonds is 6. The van der Waals surface area contributed by atoms with Gasteiger partial charge in [-0.25, -0.2) is 4.79 Å². The van der Waals surface area contributed by atoms with Crippen LogP contribution >= 0.6 is 67.8 Å². The third kappa shape index (κ3) is 5.44. The predicted molar refractivity (Wildman–Crippen MR) is 111 cm³/mol. The summed E-state index contributed by atoms with van der Waals surface area (Å²) in [6.07, 6.45) is 0.508. The van der Waals surface area contributed by atoms with Crippen LogP contribution in [0.1, 0.15) is 15.9 Å². The maximum Gasteiger partial charge on any atom is 0.394 e. The third-order valence-electron chi connectivity index (χ3n) is 2.79. The van der Waals surface area contributed by atoms with Crippen molar-refractivity contribution in [3.8, 4) is 0 Å². The third-order valence-corrected chi connectivity index (χ3v) is 6.02. The van der Waals surface area contributed by atoms with Gasteiger partial charge in [0, 0.05) is 10.1 Å². The van der Waals surface area contributed by atoms with Crippen molar-refractivity contribution in [3.05, 3.63) is 21.8 Å². The predicted octanol–water partition coefficient (Wildman–Crippen LogP) is 0.0643. The zero-order chi connectivity index (χ0) is 19.3. The fourth-order valence-corrected chi connectivity index (χ4v) is 5.74. The summed E-state index contributed by atoms with van der Waals surface area (Å²) in [6.45, 7) is -0.779. The molecule has 0 aliphatic heterocycles. The Bertz CT molecular complexity index is 739. The fourth-order valence-electron chi connectivity index (χ4n) is 1.59. The number of carboxylic acid groups (broad SMARTS) is 1. The molecular weight excluding hydrogens is 677 g/mol. The minimum atomic E-state index is -1.72. The summed E-state index contributed by atoms with van der Waals surface area (Å²) < 4.78 is 0.713. The lowest BCUT2D eigenvalue weighted by Gasteiger charge is -2.17. The average molecular weight is 687 g/mol. The number of benzene rings is 1. The van der Waals surface area contributed by atoms with Gasteiger partial charge in [0.2, 0.25) is 6.29 Å². The number of carbonyl (C=O) groups excluding carboxylic acids is 3. The van der Waals surface area contributed by atoms with E-state index in [-0.39, 0.29) is 34.1 Å². The molecule has 135 valence electrons. The Hall–Kier alpha value is -0.590. The van der Waals surface area contributed by atoms with Crippen LogP contribution in [-0.2, 0) is 14.4 Å². The molecule has 0 heterocycles. The molecule has 1 atom stereocenters. The van der Waals surface area contributed by atoms with E-state index in [4.69, 9.17) is 10.2 Å². The second-order valence-corrected chi connectivity index (χ2v) is 7.71. The van der Waals surface area contributed by atoms with Crippen LogP contribution in [0.3, 0.4) is 0 Å². The number of nitrogens with one attached hydrogen (secondary N) is 2. The fraction of sp³-hybridized carbons (Fsp3) is 0.231. The van der Waals surface area contributed by atoms with Gasteiger partial charge in [-0.3, -0.25) is 14.4 Å². The quantitative estimate of drug-likeness (QED) is 0.210. The Balaban J connectivity index is 3.42. The van der Waals surface area contributed by atoms with Crippen LogP contribution in [-0.4, -0.2) is 58.6 Å². The van der Waals surface area contributed by atoms with Crippen molar-refractivity contribution < 1.29 is 34.5 Å². The molecule has 1 radical (unpaired) electrons. The first-order chi connectivity index (χ1) is 11.6. The van der Waals surface area contributed by atoms with E-state index in [0.717, 1.165) is 0 Å². The van der Waals surface area contributed by atoms with Crippen molar-refractivity contribution in [1.82, 2.24) is 5.32 Å². The average Bonchev–Trinajstić information content (AvgIpc) is 2.56. The number of carboxylic acids is 1. The number of hydrogen-bond acceptors (Lipinski definition) is 6. The first-order valence-corrected chi connectivity index (χ1v) is 9.59. The second-order valence-electron chi connectivity index (χ2n) is 4.47. The Labute approximate surface area is 182 Å². The van der Waals surface area contributed by atoms with E-state index in [0.29, 0.717) is 0 Å². The van der Waals surface area contributed by atoms with E-state index in [2.05, 4.69) is 10.6 Å². The molecule has 1 aromatic carbocycles. The Kier molecular flexibility index (Phi) is 8.92. The molecule has 0 saturated heterocycles. The normalized spacial score (nSPS) is 11.6. The van der Waals surface area contributed by atoms with Gasteiger partial charge in [-0.2, -0.15) is 0 Å². The monoisotopic (exact) mass is 687 g/mol. The highest BCUT2D eigenvalue weighted by atomic mass is 127. The zero-order valence-electron chi connectivity index (χ0n) is 12.1. The van der Waals surface area contributed by atoms with E-state index >= 15 is 0 Å². The van der Waals surface area contributed by atoms with Gasteiger partial charge in [0.05, 0.1) is 36.7 Å². The number of halogens is 3. The molecule has 0 aliphatic rings. The first-order valence-electron chi connectivity index (χ1n) is 6.35.